The number of aliphatic hydroxyl groups excluding tert-OH is 1. The third-order valence-corrected chi connectivity index (χ3v) is 4.59. The lowest BCUT2D eigenvalue weighted by Crippen LogP contribution is -2.41. The zero-order chi connectivity index (χ0) is 20.8. The van der Waals surface area contributed by atoms with E-state index in [0.717, 1.165) is 0 Å². The summed E-state index contributed by atoms with van der Waals surface area (Å²) in [6.07, 6.45) is -0.155. The fraction of sp³-hybridized carbons (Fsp3) is 0.364. The number of rotatable bonds is 10. The Labute approximate surface area is 164 Å². The molecule has 2 aromatic rings. The molecule has 0 aliphatic rings. The van der Waals surface area contributed by atoms with Gasteiger partial charge in [-0.25, -0.2) is 0 Å². The Morgan fingerprint density at radius 1 is 0.821 bits per heavy atom. The minimum absolute atomic E-state index is 0.0723. The van der Waals surface area contributed by atoms with Crippen LogP contribution >= 0.6 is 0 Å². The molecule has 0 heterocycles. The van der Waals surface area contributed by atoms with E-state index in [9.17, 15) is 19.8 Å². The number of hydrogen-bond acceptors (Lipinski definition) is 6. The summed E-state index contributed by atoms with van der Waals surface area (Å²) in [6.45, 7) is 2.79. The normalized spacial score (nSPS) is 15.3. The van der Waals surface area contributed by atoms with Gasteiger partial charge >= 0.3 is 0 Å². The SMILES string of the molecule is CC(O)(CCC(C)(O)C(=O)c1ccc(OCCO)cc1)C(=O)c1ccccc1. The van der Waals surface area contributed by atoms with E-state index in [-0.39, 0.29) is 31.6 Å². The van der Waals surface area contributed by atoms with Crippen molar-refractivity contribution in [1.82, 2.24) is 0 Å². The molecule has 0 aliphatic heterocycles. The van der Waals surface area contributed by atoms with Gasteiger partial charge in [0.1, 0.15) is 23.6 Å². The van der Waals surface area contributed by atoms with Crippen LogP contribution in [-0.4, -0.2) is 51.3 Å². The molecule has 0 amide bonds. The van der Waals surface area contributed by atoms with Gasteiger partial charge in [-0.1, -0.05) is 30.3 Å². The highest BCUT2D eigenvalue weighted by molar-refractivity contribution is 6.03. The molecule has 2 aromatic carbocycles. The highest BCUT2D eigenvalue weighted by Crippen LogP contribution is 2.26. The van der Waals surface area contributed by atoms with Gasteiger partial charge in [0.15, 0.2) is 11.6 Å². The van der Waals surface area contributed by atoms with Crippen molar-refractivity contribution in [3.05, 3.63) is 65.7 Å². The van der Waals surface area contributed by atoms with Gasteiger partial charge < -0.3 is 20.1 Å². The van der Waals surface area contributed by atoms with Crippen molar-refractivity contribution in [2.24, 2.45) is 0 Å². The second kappa shape index (κ2) is 9.10. The summed E-state index contributed by atoms with van der Waals surface area (Å²) < 4.78 is 5.24. The monoisotopic (exact) mass is 386 g/mol. The Morgan fingerprint density at radius 3 is 1.75 bits per heavy atom. The van der Waals surface area contributed by atoms with E-state index in [1.54, 1.807) is 42.5 Å². The van der Waals surface area contributed by atoms with Crippen molar-refractivity contribution in [1.29, 1.82) is 0 Å². The van der Waals surface area contributed by atoms with Gasteiger partial charge in [0.05, 0.1) is 6.61 Å². The smallest absolute Gasteiger partial charge is 0.194 e. The predicted octanol–water partition coefficient (Wildman–Crippen LogP) is 2.41. The van der Waals surface area contributed by atoms with Gasteiger partial charge in [-0.3, -0.25) is 9.59 Å². The highest BCUT2D eigenvalue weighted by atomic mass is 16.5. The number of Topliss-reactive ketones (excluding diaryl/α,β-unsaturated/α-hetero) is 2. The van der Waals surface area contributed by atoms with E-state index in [4.69, 9.17) is 9.84 Å². The predicted molar refractivity (Wildman–Crippen MR) is 105 cm³/mol. The number of carbonyl (C=O) groups is 2. The third-order valence-electron chi connectivity index (χ3n) is 4.59. The second-order valence-corrected chi connectivity index (χ2v) is 7.17. The van der Waals surface area contributed by atoms with Crippen LogP contribution in [0, 0.1) is 0 Å². The Kier molecular flexibility index (Phi) is 7.07. The highest BCUT2D eigenvalue weighted by Gasteiger charge is 2.37. The molecule has 6 nitrogen and oxygen atoms in total. The summed E-state index contributed by atoms with van der Waals surface area (Å²) in [6, 6.07) is 14.6. The first-order chi connectivity index (χ1) is 13.2. The average Bonchev–Trinajstić information content (AvgIpc) is 2.71. The van der Waals surface area contributed by atoms with Crippen LogP contribution in [0.1, 0.15) is 47.4 Å². The molecule has 0 saturated carbocycles. The lowest BCUT2D eigenvalue weighted by molar-refractivity contribution is 0.00810. The number of carbonyl (C=O) groups excluding carboxylic acids is 2. The molecule has 0 aromatic heterocycles. The van der Waals surface area contributed by atoms with E-state index in [1.165, 1.54) is 26.0 Å². The molecular formula is C22H26O6. The molecule has 6 heteroatoms. The summed E-state index contributed by atoms with van der Waals surface area (Å²) in [5, 5.41) is 29.9. The summed E-state index contributed by atoms with van der Waals surface area (Å²) in [4.78, 5) is 25.1. The van der Waals surface area contributed by atoms with E-state index < -0.39 is 22.8 Å². The van der Waals surface area contributed by atoms with Gasteiger partial charge in [0.2, 0.25) is 0 Å². The quantitative estimate of drug-likeness (QED) is 0.542. The fourth-order valence-electron chi connectivity index (χ4n) is 2.79. The largest absolute Gasteiger partial charge is 0.491 e. The summed E-state index contributed by atoms with van der Waals surface area (Å²) in [7, 11) is 0. The maximum absolute atomic E-state index is 12.7. The molecule has 0 aliphatic carbocycles. The van der Waals surface area contributed by atoms with Crippen LogP contribution in [0.3, 0.4) is 0 Å². The van der Waals surface area contributed by atoms with Crippen molar-refractivity contribution >= 4 is 11.6 Å². The zero-order valence-corrected chi connectivity index (χ0v) is 16.1. The average molecular weight is 386 g/mol. The summed E-state index contributed by atoms with van der Waals surface area (Å²) in [5.41, 5.74) is -2.78. The van der Waals surface area contributed by atoms with E-state index in [1.807, 2.05) is 0 Å². The number of benzene rings is 2. The molecule has 0 fully saturated rings. The topological polar surface area (TPSA) is 104 Å². The summed E-state index contributed by atoms with van der Waals surface area (Å²) >= 11 is 0. The van der Waals surface area contributed by atoms with Crippen LogP contribution in [0.15, 0.2) is 54.6 Å². The van der Waals surface area contributed by atoms with Crippen molar-refractivity contribution in [2.45, 2.75) is 37.9 Å². The van der Waals surface area contributed by atoms with Crippen molar-refractivity contribution in [2.75, 3.05) is 13.2 Å². The van der Waals surface area contributed by atoms with Gasteiger partial charge in [0.25, 0.3) is 0 Å². The number of ketones is 2. The molecule has 3 N–H and O–H groups in total. The number of hydrogen-bond donors (Lipinski definition) is 3. The minimum Gasteiger partial charge on any atom is -0.491 e. The van der Waals surface area contributed by atoms with Gasteiger partial charge in [-0.2, -0.15) is 0 Å². The lowest BCUT2D eigenvalue weighted by atomic mass is 9.83. The maximum atomic E-state index is 12.7. The van der Waals surface area contributed by atoms with E-state index in [0.29, 0.717) is 11.3 Å². The Hall–Kier alpha value is -2.54. The molecule has 0 saturated heterocycles. The Balaban J connectivity index is 2.03. The second-order valence-electron chi connectivity index (χ2n) is 7.17. The van der Waals surface area contributed by atoms with Crippen LogP contribution < -0.4 is 4.74 Å². The molecule has 28 heavy (non-hydrogen) atoms. The van der Waals surface area contributed by atoms with Gasteiger partial charge in [-0.15, -0.1) is 0 Å². The standard InChI is InChI=1S/C22H26O6/c1-21(26,19(24)16-6-4-3-5-7-16)12-13-22(2,27)20(25)17-8-10-18(11-9-17)28-15-14-23/h3-11,23,26-27H,12-15H2,1-2H3. The molecule has 0 spiro atoms. The fourth-order valence-corrected chi connectivity index (χ4v) is 2.79. The van der Waals surface area contributed by atoms with Crippen LogP contribution in [0.4, 0.5) is 0 Å². The molecule has 0 bridgehead atoms. The Morgan fingerprint density at radius 2 is 1.29 bits per heavy atom. The van der Waals surface area contributed by atoms with Crippen molar-refractivity contribution < 1.29 is 29.6 Å². The van der Waals surface area contributed by atoms with Crippen LogP contribution in [0.25, 0.3) is 0 Å². The molecule has 150 valence electrons. The summed E-state index contributed by atoms with van der Waals surface area (Å²) in [5.74, 6) is -0.465. The zero-order valence-electron chi connectivity index (χ0n) is 16.1. The first kappa shape index (κ1) is 21.8. The molecule has 2 unspecified atom stereocenters. The van der Waals surface area contributed by atoms with E-state index >= 15 is 0 Å². The first-order valence-corrected chi connectivity index (χ1v) is 9.10. The van der Waals surface area contributed by atoms with Gasteiger partial charge in [0, 0.05) is 11.1 Å². The van der Waals surface area contributed by atoms with Crippen LogP contribution in [-0.2, 0) is 0 Å². The van der Waals surface area contributed by atoms with Crippen molar-refractivity contribution in [3.8, 4) is 5.75 Å². The molecule has 2 rings (SSSR count). The Bertz CT molecular complexity index is 794. The first-order valence-electron chi connectivity index (χ1n) is 9.10. The number of ether oxygens (including phenoxy) is 1. The van der Waals surface area contributed by atoms with E-state index in [2.05, 4.69) is 0 Å². The number of aliphatic hydroxyl groups is 3. The molecular weight excluding hydrogens is 360 g/mol. The maximum Gasteiger partial charge on any atom is 0.194 e. The molecule has 0 radical (unpaired) electrons. The van der Waals surface area contributed by atoms with Crippen LogP contribution in [0.5, 0.6) is 5.75 Å². The van der Waals surface area contributed by atoms with Crippen LogP contribution in [0.2, 0.25) is 0 Å². The molecule has 2 atom stereocenters. The van der Waals surface area contributed by atoms with Crippen molar-refractivity contribution in [3.63, 3.8) is 0 Å². The third kappa shape index (κ3) is 5.48. The van der Waals surface area contributed by atoms with Gasteiger partial charge in [-0.05, 0) is 51.0 Å². The minimum atomic E-state index is -1.74. The lowest BCUT2D eigenvalue weighted by Gasteiger charge is -2.27.